The van der Waals surface area contributed by atoms with Gasteiger partial charge in [0.25, 0.3) is 0 Å². The van der Waals surface area contributed by atoms with E-state index in [9.17, 15) is 10.1 Å². The van der Waals surface area contributed by atoms with Crippen molar-refractivity contribution in [2.45, 2.75) is 45.7 Å². The molecule has 1 saturated heterocycles. The van der Waals surface area contributed by atoms with Crippen LogP contribution in [0.3, 0.4) is 0 Å². The number of piperidine rings is 1. The zero-order valence-corrected chi connectivity index (χ0v) is 22.4. The lowest BCUT2D eigenvalue weighted by Gasteiger charge is -2.37. The second kappa shape index (κ2) is 9.68. The van der Waals surface area contributed by atoms with Crippen molar-refractivity contribution in [1.29, 1.82) is 5.26 Å². The number of carbonyl (C=O) groups excluding carboxylic acids is 1. The lowest BCUT2D eigenvalue weighted by Crippen LogP contribution is -2.52. The third-order valence-electron chi connectivity index (χ3n) is 7.36. The van der Waals surface area contributed by atoms with Crippen molar-refractivity contribution in [3.05, 3.63) is 42.2 Å². The summed E-state index contributed by atoms with van der Waals surface area (Å²) in [6, 6.07) is 10.3. The third-order valence-corrected chi connectivity index (χ3v) is 8.38. The molecule has 2 aliphatic rings. The number of nitrogens with zero attached hydrogens (tertiary/aromatic N) is 7. The average molecular weight is 528 g/mol. The second-order valence-corrected chi connectivity index (χ2v) is 11.4. The molecule has 38 heavy (non-hydrogen) atoms. The molecule has 3 atom stereocenters. The van der Waals surface area contributed by atoms with Gasteiger partial charge >= 0.3 is 0 Å². The number of nitrogens with one attached hydrogen (secondary N) is 2. The molecular weight excluding hydrogens is 498 g/mol. The molecule has 5 heterocycles. The van der Waals surface area contributed by atoms with Crippen LogP contribution < -0.4 is 15.5 Å². The van der Waals surface area contributed by atoms with Gasteiger partial charge in [0.15, 0.2) is 5.01 Å². The molecule has 0 unspecified atom stereocenters. The Kier molecular flexibility index (Phi) is 6.19. The minimum absolute atomic E-state index is 0.0514. The van der Waals surface area contributed by atoms with Gasteiger partial charge in [-0.15, -0.1) is 10.2 Å². The number of hydrogen-bond donors (Lipinski definition) is 2. The summed E-state index contributed by atoms with van der Waals surface area (Å²) < 4.78 is 1.80. The quantitative estimate of drug-likeness (QED) is 0.386. The fraction of sp³-hybridized carbons (Fsp3) is 0.407. The Hall–Kier alpha value is -4.04. The van der Waals surface area contributed by atoms with Crippen molar-refractivity contribution in [2.75, 3.05) is 23.3 Å². The highest BCUT2D eigenvalue weighted by molar-refractivity contribution is 7.18. The molecule has 10 nitrogen and oxygen atoms in total. The van der Waals surface area contributed by atoms with E-state index in [-0.39, 0.29) is 18.0 Å². The minimum atomic E-state index is 0.0514. The third kappa shape index (κ3) is 4.45. The first kappa shape index (κ1) is 24.3. The summed E-state index contributed by atoms with van der Waals surface area (Å²) in [5.41, 5.74) is 4.82. The van der Waals surface area contributed by atoms with Crippen molar-refractivity contribution in [3.8, 4) is 28.0 Å². The largest absolute Gasteiger partial charge is 0.382 e. The van der Waals surface area contributed by atoms with Crippen molar-refractivity contribution in [3.63, 3.8) is 0 Å². The van der Waals surface area contributed by atoms with E-state index in [0.717, 1.165) is 64.2 Å². The van der Waals surface area contributed by atoms with Crippen LogP contribution in [0.4, 0.5) is 10.8 Å². The molecule has 11 heteroatoms. The van der Waals surface area contributed by atoms with E-state index in [4.69, 9.17) is 4.98 Å². The van der Waals surface area contributed by atoms with Gasteiger partial charge in [-0.2, -0.15) is 10.4 Å². The lowest BCUT2D eigenvalue weighted by molar-refractivity contribution is -0.120. The molecule has 2 fully saturated rings. The Morgan fingerprint density at radius 1 is 1.16 bits per heavy atom. The highest BCUT2D eigenvalue weighted by Gasteiger charge is 2.43. The molecule has 1 amide bonds. The van der Waals surface area contributed by atoms with Gasteiger partial charge in [0, 0.05) is 44.0 Å². The Labute approximate surface area is 224 Å². The summed E-state index contributed by atoms with van der Waals surface area (Å²) in [6.07, 6.45) is 5.67. The molecule has 1 aliphatic heterocycles. The Morgan fingerprint density at radius 3 is 2.66 bits per heavy atom. The van der Waals surface area contributed by atoms with Crippen molar-refractivity contribution < 1.29 is 4.79 Å². The Balaban J connectivity index is 1.29. The van der Waals surface area contributed by atoms with E-state index in [1.165, 1.54) is 0 Å². The second-order valence-electron chi connectivity index (χ2n) is 10.4. The van der Waals surface area contributed by atoms with E-state index in [1.54, 1.807) is 29.0 Å². The zero-order chi connectivity index (χ0) is 26.4. The van der Waals surface area contributed by atoms with Crippen LogP contribution in [0.5, 0.6) is 0 Å². The van der Waals surface area contributed by atoms with Crippen LogP contribution in [0.25, 0.3) is 27.5 Å². The molecule has 194 valence electrons. The summed E-state index contributed by atoms with van der Waals surface area (Å²) in [5, 5.41) is 31.2. The van der Waals surface area contributed by atoms with Crippen molar-refractivity contribution in [1.82, 2.24) is 30.1 Å². The van der Waals surface area contributed by atoms with Gasteiger partial charge in [0.2, 0.25) is 11.0 Å². The van der Waals surface area contributed by atoms with Gasteiger partial charge < -0.3 is 15.5 Å². The number of fused-ring (bicyclic) bond motifs is 3. The molecule has 1 aliphatic carbocycles. The summed E-state index contributed by atoms with van der Waals surface area (Å²) in [7, 11) is 0. The molecule has 6 rings (SSSR count). The topological polar surface area (TPSA) is 124 Å². The van der Waals surface area contributed by atoms with Gasteiger partial charge in [0.1, 0.15) is 6.07 Å². The van der Waals surface area contributed by atoms with Crippen molar-refractivity contribution >= 4 is 33.6 Å². The maximum absolute atomic E-state index is 11.7. The lowest BCUT2D eigenvalue weighted by atomic mass is 9.92. The first-order valence-corrected chi connectivity index (χ1v) is 13.7. The van der Waals surface area contributed by atoms with Crippen LogP contribution in [-0.2, 0) is 4.79 Å². The van der Waals surface area contributed by atoms with Crippen LogP contribution in [0.2, 0.25) is 0 Å². The normalized spacial score (nSPS) is 20.6. The van der Waals surface area contributed by atoms with E-state index in [2.05, 4.69) is 50.7 Å². The van der Waals surface area contributed by atoms with Gasteiger partial charge in [-0.1, -0.05) is 11.3 Å². The first-order chi connectivity index (χ1) is 18.4. The maximum Gasteiger partial charge on any atom is 0.217 e. The molecule has 2 N–H and O–H groups in total. The summed E-state index contributed by atoms with van der Waals surface area (Å²) in [6.45, 7) is 7.56. The summed E-state index contributed by atoms with van der Waals surface area (Å²) in [5.74, 6) is 0.938. The van der Waals surface area contributed by atoms with E-state index < -0.39 is 0 Å². The van der Waals surface area contributed by atoms with Crippen LogP contribution in [0.1, 0.15) is 39.2 Å². The zero-order valence-electron chi connectivity index (χ0n) is 21.5. The molecular formula is C27H29N9OS. The number of rotatable bonds is 6. The average Bonchev–Trinajstić information content (AvgIpc) is 3.59. The molecule has 2 bridgehead atoms. The van der Waals surface area contributed by atoms with Gasteiger partial charge in [-0.25, -0.2) is 4.52 Å². The first-order valence-electron chi connectivity index (χ1n) is 12.9. The van der Waals surface area contributed by atoms with Crippen LogP contribution in [-0.4, -0.2) is 55.9 Å². The van der Waals surface area contributed by atoms with Gasteiger partial charge in [-0.3, -0.25) is 9.78 Å². The minimum Gasteiger partial charge on any atom is -0.382 e. The van der Waals surface area contributed by atoms with E-state index in [1.807, 2.05) is 30.5 Å². The van der Waals surface area contributed by atoms with E-state index in [0.29, 0.717) is 17.4 Å². The number of anilines is 2. The highest BCUT2D eigenvalue weighted by atomic mass is 32.1. The molecule has 0 radical (unpaired) electrons. The van der Waals surface area contributed by atoms with Gasteiger partial charge in [0.05, 0.1) is 34.2 Å². The van der Waals surface area contributed by atoms with Crippen LogP contribution >= 0.6 is 11.3 Å². The van der Waals surface area contributed by atoms with E-state index >= 15 is 0 Å². The predicted octanol–water partition coefficient (Wildman–Crippen LogP) is 3.96. The highest BCUT2D eigenvalue weighted by Crippen LogP contribution is 2.41. The molecule has 1 saturated carbocycles. The molecule has 0 aromatic carbocycles. The monoisotopic (exact) mass is 527 g/mol. The molecule has 4 aromatic rings. The maximum atomic E-state index is 11.7. The smallest absolute Gasteiger partial charge is 0.217 e. The van der Waals surface area contributed by atoms with Crippen molar-refractivity contribution in [2.24, 2.45) is 11.8 Å². The molecule has 0 spiro atoms. The molecule has 4 aromatic heterocycles. The number of pyridine rings is 1. The number of nitriles is 1. The van der Waals surface area contributed by atoms with Gasteiger partial charge in [-0.05, 0) is 62.8 Å². The Bertz CT molecular complexity index is 1540. The van der Waals surface area contributed by atoms with Crippen LogP contribution in [0, 0.1) is 23.2 Å². The number of aromatic nitrogens is 5. The fourth-order valence-electron chi connectivity index (χ4n) is 5.75. The number of carbonyl (C=O) groups is 1. The predicted molar refractivity (Wildman–Crippen MR) is 147 cm³/mol. The standard InChI is InChI=1S/C27H29N9OS/c1-15(2)31-22-9-23(24-7-6-20-8-17(10-28)11-30-36(20)24)29-12-21(22)26-33-34-27(38-26)35-13-18-4-5-19(14-35)25(18)32-16(3)37/h6-9,11-12,15,18-19,25H,4-5,13-14H2,1-3H3,(H,29,31)(H,32,37)/t18-,19+,25-. The number of amides is 1. The van der Waals surface area contributed by atoms with Crippen LogP contribution in [0.15, 0.2) is 36.7 Å². The summed E-state index contributed by atoms with van der Waals surface area (Å²) in [4.78, 5) is 18.8. The fourth-order valence-corrected chi connectivity index (χ4v) is 6.64. The SMILES string of the molecule is CC(=O)N[C@@H]1[C@@H]2CC[C@H]1CN(c1nnc(-c3cnc(-c4ccc5cc(C#N)cnn45)cc3NC(C)C)s1)C2. The Morgan fingerprint density at radius 2 is 1.95 bits per heavy atom. The number of hydrogen-bond acceptors (Lipinski definition) is 9. The summed E-state index contributed by atoms with van der Waals surface area (Å²) >= 11 is 1.58.